The topological polar surface area (TPSA) is 47.1 Å². The van der Waals surface area contributed by atoms with Crippen molar-refractivity contribution >= 4 is 11.5 Å². The number of nitrogens with two attached hydrogens (primary N) is 1. The van der Waals surface area contributed by atoms with Crippen molar-refractivity contribution in [3.63, 3.8) is 0 Å². The molecule has 0 saturated carbocycles. The minimum absolute atomic E-state index is 0.855. The van der Waals surface area contributed by atoms with Gasteiger partial charge >= 0.3 is 0 Å². The second-order valence-electron chi connectivity index (χ2n) is 3.83. The number of aromatic nitrogens is 2. The first kappa shape index (κ1) is 9.37. The molecule has 2 heterocycles. The molecule has 1 aromatic heterocycles. The van der Waals surface area contributed by atoms with Crippen molar-refractivity contribution in [3.05, 3.63) is 5.69 Å². The Labute approximate surface area is 84.7 Å². The Morgan fingerprint density at radius 1 is 1.36 bits per heavy atom. The zero-order chi connectivity index (χ0) is 10.1. The van der Waals surface area contributed by atoms with Crippen LogP contribution in [0, 0.1) is 6.92 Å². The maximum Gasteiger partial charge on any atom is 0.150 e. The van der Waals surface area contributed by atoms with Gasteiger partial charge in [-0.2, -0.15) is 5.10 Å². The van der Waals surface area contributed by atoms with Crippen molar-refractivity contribution in [1.29, 1.82) is 0 Å². The van der Waals surface area contributed by atoms with E-state index in [1.165, 1.54) is 12.8 Å². The second-order valence-corrected chi connectivity index (χ2v) is 3.83. The maximum absolute atomic E-state index is 6.03. The van der Waals surface area contributed by atoms with Gasteiger partial charge in [-0.15, -0.1) is 0 Å². The third-order valence-corrected chi connectivity index (χ3v) is 2.85. The smallest absolute Gasteiger partial charge is 0.150 e. The first-order chi connectivity index (χ1) is 6.74. The molecule has 2 rings (SSSR count). The fourth-order valence-corrected chi connectivity index (χ4v) is 2.07. The molecule has 4 heteroatoms. The summed E-state index contributed by atoms with van der Waals surface area (Å²) in [4.78, 5) is 2.35. The van der Waals surface area contributed by atoms with Crippen molar-refractivity contribution in [2.24, 2.45) is 0 Å². The molecule has 2 N–H and O–H groups in total. The van der Waals surface area contributed by atoms with Crippen molar-refractivity contribution < 1.29 is 0 Å². The summed E-state index contributed by atoms with van der Waals surface area (Å²) < 4.78 is 2.01. The minimum Gasteiger partial charge on any atom is -0.394 e. The molecule has 0 bridgehead atoms. The molecule has 0 spiro atoms. The zero-order valence-electron chi connectivity index (χ0n) is 8.95. The average Bonchev–Trinajstić information content (AvgIpc) is 2.76. The van der Waals surface area contributed by atoms with Crippen LogP contribution < -0.4 is 10.6 Å². The highest BCUT2D eigenvalue weighted by Crippen LogP contribution is 2.28. The second kappa shape index (κ2) is 3.52. The van der Waals surface area contributed by atoms with Gasteiger partial charge in [0.05, 0.1) is 11.4 Å². The summed E-state index contributed by atoms with van der Waals surface area (Å²) >= 11 is 0. The summed E-state index contributed by atoms with van der Waals surface area (Å²) in [5, 5.41) is 4.42. The van der Waals surface area contributed by atoms with Gasteiger partial charge in [-0.3, -0.25) is 0 Å². The van der Waals surface area contributed by atoms with Crippen LogP contribution >= 0.6 is 0 Å². The summed E-state index contributed by atoms with van der Waals surface area (Å²) in [6.07, 6.45) is 2.54. The zero-order valence-corrected chi connectivity index (χ0v) is 8.95. The highest BCUT2D eigenvalue weighted by Gasteiger charge is 2.20. The Kier molecular flexibility index (Phi) is 2.35. The van der Waals surface area contributed by atoms with Crippen LogP contribution in [0.4, 0.5) is 11.5 Å². The van der Waals surface area contributed by atoms with Crippen LogP contribution in [-0.2, 0) is 6.54 Å². The quantitative estimate of drug-likeness (QED) is 0.774. The van der Waals surface area contributed by atoms with Gasteiger partial charge in [0, 0.05) is 19.6 Å². The van der Waals surface area contributed by atoms with Crippen LogP contribution in [-0.4, -0.2) is 22.9 Å². The van der Waals surface area contributed by atoms with E-state index < -0.39 is 0 Å². The van der Waals surface area contributed by atoms with E-state index in [9.17, 15) is 0 Å². The fraction of sp³-hybridized carbons (Fsp3) is 0.700. The molecule has 1 aliphatic heterocycles. The van der Waals surface area contributed by atoms with Crippen molar-refractivity contribution in [2.45, 2.75) is 33.2 Å². The lowest BCUT2D eigenvalue weighted by atomic mass is 10.3. The third kappa shape index (κ3) is 1.35. The van der Waals surface area contributed by atoms with Gasteiger partial charge in [-0.1, -0.05) is 0 Å². The summed E-state index contributed by atoms with van der Waals surface area (Å²) in [6.45, 7) is 7.21. The van der Waals surface area contributed by atoms with Gasteiger partial charge in [0.2, 0.25) is 0 Å². The molecule has 0 unspecified atom stereocenters. The SMILES string of the molecule is CCn1nc(C)c(N)c1N1CCCC1. The standard InChI is InChI=1S/C10H18N4/c1-3-14-10(9(11)8(2)12-14)13-6-4-5-7-13/h3-7,11H2,1-2H3. The molecule has 0 atom stereocenters. The van der Waals surface area contributed by atoms with Gasteiger partial charge in [0.1, 0.15) is 0 Å². The molecule has 1 fully saturated rings. The first-order valence-corrected chi connectivity index (χ1v) is 5.32. The average molecular weight is 194 g/mol. The van der Waals surface area contributed by atoms with E-state index in [-0.39, 0.29) is 0 Å². The lowest BCUT2D eigenvalue weighted by Gasteiger charge is -2.19. The van der Waals surface area contributed by atoms with E-state index in [0.29, 0.717) is 0 Å². The highest BCUT2D eigenvalue weighted by molar-refractivity contribution is 5.66. The molecule has 1 aromatic rings. The number of hydrogen-bond acceptors (Lipinski definition) is 3. The predicted octanol–water partition coefficient (Wildman–Crippen LogP) is 1.39. The van der Waals surface area contributed by atoms with Crippen LogP contribution in [0.2, 0.25) is 0 Å². The Hall–Kier alpha value is -1.19. The lowest BCUT2D eigenvalue weighted by molar-refractivity contribution is 0.642. The molecule has 78 valence electrons. The van der Waals surface area contributed by atoms with Crippen LogP contribution in [0.3, 0.4) is 0 Å². The predicted molar refractivity (Wildman–Crippen MR) is 58.5 cm³/mol. The molecular formula is C10H18N4. The minimum atomic E-state index is 0.855. The Balaban J connectivity index is 2.38. The van der Waals surface area contributed by atoms with Gasteiger partial charge in [0.15, 0.2) is 5.82 Å². The van der Waals surface area contributed by atoms with E-state index in [1.807, 2.05) is 11.6 Å². The van der Waals surface area contributed by atoms with Gasteiger partial charge in [-0.25, -0.2) is 4.68 Å². The summed E-state index contributed by atoms with van der Waals surface area (Å²) in [5.41, 5.74) is 7.84. The molecule has 0 aliphatic carbocycles. The summed E-state index contributed by atoms with van der Waals surface area (Å²) in [5.74, 6) is 1.13. The van der Waals surface area contributed by atoms with E-state index >= 15 is 0 Å². The van der Waals surface area contributed by atoms with E-state index in [0.717, 1.165) is 36.8 Å². The Bertz CT molecular complexity index is 323. The number of hydrogen-bond donors (Lipinski definition) is 1. The number of anilines is 2. The monoisotopic (exact) mass is 194 g/mol. The van der Waals surface area contributed by atoms with E-state index in [2.05, 4.69) is 16.9 Å². The van der Waals surface area contributed by atoms with Gasteiger partial charge in [-0.05, 0) is 26.7 Å². The van der Waals surface area contributed by atoms with E-state index in [1.54, 1.807) is 0 Å². The molecule has 14 heavy (non-hydrogen) atoms. The molecule has 4 nitrogen and oxygen atoms in total. The molecule has 0 amide bonds. The number of nitrogens with zero attached hydrogens (tertiary/aromatic N) is 3. The maximum atomic E-state index is 6.03. The summed E-state index contributed by atoms with van der Waals surface area (Å²) in [7, 11) is 0. The number of nitrogen functional groups attached to an aromatic ring is 1. The lowest BCUT2D eigenvalue weighted by Crippen LogP contribution is -2.22. The molecule has 0 aromatic carbocycles. The van der Waals surface area contributed by atoms with Crippen LogP contribution in [0.25, 0.3) is 0 Å². The van der Waals surface area contributed by atoms with E-state index in [4.69, 9.17) is 5.73 Å². The van der Waals surface area contributed by atoms with Crippen LogP contribution in [0.5, 0.6) is 0 Å². The van der Waals surface area contributed by atoms with Crippen molar-refractivity contribution in [3.8, 4) is 0 Å². The molecule has 1 aliphatic rings. The normalized spacial score (nSPS) is 16.6. The largest absolute Gasteiger partial charge is 0.394 e. The molecular weight excluding hydrogens is 176 g/mol. The van der Waals surface area contributed by atoms with Crippen LogP contribution in [0.1, 0.15) is 25.5 Å². The number of rotatable bonds is 2. The fourth-order valence-electron chi connectivity index (χ4n) is 2.07. The molecule has 0 radical (unpaired) electrons. The highest BCUT2D eigenvalue weighted by atomic mass is 15.4. The number of aryl methyl sites for hydroxylation is 2. The third-order valence-electron chi connectivity index (χ3n) is 2.85. The van der Waals surface area contributed by atoms with Crippen LogP contribution in [0.15, 0.2) is 0 Å². The molecule has 1 saturated heterocycles. The first-order valence-electron chi connectivity index (χ1n) is 5.32. The summed E-state index contributed by atoms with van der Waals surface area (Å²) in [6, 6.07) is 0. The Morgan fingerprint density at radius 3 is 2.57 bits per heavy atom. The Morgan fingerprint density at radius 2 is 2.00 bits per heavy atom. The van der Waals surface area contributed by atoms with Crippen molar-refractivity contribution in [1.82, 2.24) is 9.78 Å². The van der Waals surface area contributed by atoms with Gasteiger partial charge in [0.25, 0.3) is 0 Å². The van der Waals surface area contributed by atoms with Crippen molar-refractivity contribution in [2.75, 3.05) is 23.7 Å². The van der Waals surface area contributed by atoms with Gasteiger partial charge < -0.3 is 10.6 Å².